The Morgan fingerprint density at radius 1 is 1.32 bits per heavy atom. The van der Waals surface area contributed by atoms with Crippen molar-refractivity contribution in [2.45, 2.75) is 15.9 Å². The third kappa shape index (κ3) is 3.19. The van der Waals surface area contributed by atoms with Gasteiger partial charge < -0.3 is 25.1 Å². The SMILES string of the molecule is COCC1CN(c2ncnc3c(S(=O)(=O)c4ccccc4)c(N)[nH]c23)CCO1. The zero-order valence-electron chi connectivity index (χ0n) is 15.3. The molecular weight excluding hydrogens is 382 g/mol. The van der Waals surface area contributed by atoms with Gasteiger partial charge in [-0.05, 0) is 12.1 Å². The fourth-order valence-electron chi connectivity index (χ4n) is 3.41. The van der Waals surface area contributed by atoms with Crippen LogP contribution in [-0.2, 0) is 19.3 Å². The second-order valence-corrected chi connectivity index (χ2v) is 8.39. The van der Waals surface area contributed by atoms with Crippen molar-refractivity contribution in [1.82, 2.24) is 15.0 Å². The van der Waals surface area contributed by atoms with Crippen molar-refractivity contribution in [2.24, 2.45) is 0 Å². The number of rotatable bonds is 5. The molecule has 0 saturated carbocycles. The van der Waals surface area contributed by atoms with E-state index in [1.165, 1.54) is 18.5 Å². The molecule has 28 heavy (non-hydrogen) atoms. The maximum Gasteiger partial charge on any atom is 0.212 e. The summed E-state index contributed by atoms with van der Waals surface area (Å²) < 4.78 is 37.1. The number of anilines is 2. The number of benzene rings is 1. The smallest absolute Gasteiger partial charge is 0.212 e. The topological polar surface area (TPSA) is 123 Å². The Morgan fingerprint density at radius 2 is 2.11 bits per heavy atom. The third-order valence-corrected chi connectivity index (χ3v) is 6.50. The maximum atomic E-state index is 13.1. The molecule has 10 heteroatoms. The Bertz CT molecular complexity index is 1080. The van der Waals surface area contributed by atoms with Crippen LogP contribution >= 0.6 is 0 Å². The second-order valence-electron chi connectivity index (χ2n) is 6.50. The Kier molecular flexibility index (Phi) is 4.92. The van der Waals surface area contributed by atoms with Crippen LogP contribution in [0.5, 0.6) is 0 Å². The summed E-state index contributed by atoms with van der Waals surface area (Å²) >= 11 is 0. The Balaban J connectivity index is 1.80. The third-order valence-electron chi connectivity index (χ3n) is 4.66. The number of ether oxygens (including phenoxy) is 2. The number of H-pyrrole nitrogens is 1. The summed E-state index contributed by atoms with van der Waals surface area (Å²) in [5.41, 5.74) is 6.86. The molecule has 0 radical (unpaired) electrons. The number of nitrogens with zero attached hydrogens (tertiary/aromatic N) is 3. The zero-order valence-corrected chi connectivity index (χ0v) is 16.1. The number of hydrogen-bond acceptors (Lipinski definition) is 8. The fourth-order valence-corrected chi connectivity index (χ4v) is 4.91. The molecule has 1 aliphatic heterocycles. The van der Waals surface area contributed by atoms with Crippen LogP contribution in [0.4, 0.5) is 11.6 Å². The van der Waals surface area contributed by atoms with E-state index in [0.717, 1.165) is 0 Å². The number of morpholine rings is 1. The van der Waals surface area contributed by atoms with Crippen molar-refractivity contribution in [3.8, 4) is 0 Å². The molecule has 3 N–H and O–H groups in total. The highest BCUT2D eigenvalue weighted by atomic mass is 32.2. The Labute approximate surface area is 162 Å². The van der Waals surface area contributed by atoms with Gasteiger partial charge in [-0.3, -0.25) is 0 Å². The first-order valence-electron chi connectivity index (χ1n) is 8.80. The fraction of sp³-hybridized carbons (Fsp3) is 0.333. The van der Waals surface area contributed by atoms with Crippen LogP contribution in [0.1, 0.15) is 0 Å². The van der Waals surface area contributed by atoms with Crippen LogP contribution in [-0.4, -0.2) is 62.9 Å². The van der Waals surface area contributed by atoms with E-state index in [1.807, 2.05) is 4.90 Å². The minimum absolute atomic E-state index is 0.0287. The normalized spacial score (nSPS) is 17.9. The first-order chi connectivity index (χ1) is 13.5. The zero-order chi connectivity index (χ0) is 19.7. The molecule has 1 unspecified atom stereocenters. The standard InChI is InChI=1S/C18H21N5O4S/c1-26-10-12-9-23(7-8-27-12)18-15-14(20-11-21-18)16(17(19)22-15)28(24,25)13-5-3-2-4-6-13/h2-6,11-12,22H,7-10,19H2,1H3. The van der Waals surface area contributed by atoms with Crippen molar-refractivity contribution in [3.63, 3.8) is 0 Å². The van der Waals surface area contributed by atoms with E-state index in [-0.39, 0.29) is 27.2 Å². The molecule has 4 rings (SSSR count). The van der Waals surface area contributed by atoms with Gasteiger partial charge in [-0.25, -0.2) is 18.4 Å². The molecule has 3 heterocycles. The van der Waals surface area contributed by atoms with E-state index in [4.69, 9.17) is 15.2 Å². The highest BCUT2D eigenvalue weighted by Crippen LogP contribution is 2.35. The molecule has 1 aromatic carbocycles. The molecule has 2 aromatic heterocycles. The van der Waals surface area contributed by atoms with E-state index in [1.54, 1.807) is 25.3 Å². The predicted octanol–water partition coefficient (Wildman–Crippen LogP) is 1.22. The van der Waals surface area contributed by atoms with E-state index in [2.05, 4.69) is 15.0 Å². The van der Waals surface area contributed by atoms with Crippen LogP contribution in [0.15, 0.2) is 46.5 Å². The lowest BCUT2D eigenvalue weighted by Crippen LogP contribution is -2.44. The van der Waals surface area contributed by atoms with Gasteiger partial charge in [0.05, 0.1) is 24.2 Å². The maximum absolute atomic E-state index is 13.1. The minimum Gasteiger partial charge on any atom is -0.384 e. The summed E-state index contributed by atoms with van der Waals surface area (Å²) in [6.07, 6.45) is 1.26. The summed E-state index contributed by atoms with van der Waals surface area (Å²) in [4.78, 5) is 13.7. The van der Waals surface area contributed by atoms with Gasteiger partial charge in [-0.2, -0.15) is 0 Å². The van der Waals surface area contributed by atoms with Crippen LogP contribution in [0.3, 0.4) is 0 Å². The van der Waals surface area contributed by atoms with Crippen molar-refractivity contribution < 1.29 is 17.9 Å². The molecule has 1 saturated heterocycles. The summed E-state index contributed by atoms with van der Waals surface area (Å²) in [7, 11) is -2.21. The van der Waals surface area contributed by atoms with Crippen LogP contribution < -0.4 is 10.6 Å². The molecule has 3 aromatic rings. The lowest BCUT2D eigenvalue weighted by atomic mass is 10.2. The van der Waals surface area contributed by atoms with Gasteiger partial charge in [0.15, 0.2) is 5.82 Å². The average Bonchev–Trinajstić information content (AvgIpc) is 3.05. The van der Waals surface area contributed by atoms with E-state index >= 15 is 0 Å². The van der Waals surface area contributed by atoms with Crippen LogP contribution in [0.25, 0.3) is 11.0 Å². The average molecular weight is 403 g/mol. The molecule has 1 fully saturated rings. The van der Waals surface area contributed by atoms with Crippen LogP contribution in [0, 0.1) is 0 Å². The number of hydrogen-bond donors (Lipinski definition) is 2. The number of fused-ring (bicyclic) bond motifs is 1. The van der Waals surface area contributed by atoms with Gasteiger partial charge >= 0.3 is 0 Å². The molecule has 0 bridgehead atoms. The van der Waals surface area contributed by atoms with Gasteiger partial charge in [0.1, 0.15) is 28.1 Å². The number of aromatic amines is 1. The molecule has 0 amide bonds. The highest BCUT2D eigenvalue weighted by molar-refractivity contribution is 7.92. The monoisotopic (exact) mass is 403 g/mol. The van der Waals surface area contributed by atoms with Crippen molar-refractivity contribution in [3.05, 3.63) is 36.7 Å². The molecule has 148 valence electrons. The molecule has 9 nitrogen and oxygen atoms in total. The van der Waals surface area contributed by atoms with E-state index in [0.29, 0.717) is 37.6 Å². The number of nitrogens with two attached hydrogens (primary N) is 1. The molecule has 1 aliphatic rings. The van der Waals surface area contributed by atoms with Crippen molar-refractivity contribution in [1.29, 1.82) is 0 Å². The highest BCUT2D eigenvalue weighted by Gasteiger charge is 2.30. The van der Waals surface area contributed by atoms with Crippen LogP contribution in [0.2, 0.25) is 0 Å². The Morgan fingerprint density at radius 3 is 2.86 bits per heavy atom. The molecule has 0 aliphatic carbocycles. The lowest BCUT2D eigenvalue weighted by Gasteiger charge is -2.33. The van der Waals surface area contributed by atoms with E-state index in [9.17, 15) is 8.42 Å². The number of nitrogen functional groups attached to an aromatic ring is 1. The largest absolute Gasteiger partial charge is 0.384 e. The molecule has 0 spiro atoms. The lowest BCUT2D eigenvalue weighted by molar-refractivity contribution is -0.0101. The summed E-state index contributed by atoms with van der Waals surface area (Å²) in [6.45, 7) is 2.17. The summed E-state index contributed by atoms with van der Waals surface area (Å²) in [5, 5.41) is 0. The molecule has 1 atom stereocenters. The summed E-state index contributed by atoms with van der Waals surface area (Å²) in [5.74, 6) is 0.637. The first-order valence-corrected chi connectivity index (χ1v) is 10.3. The number of aromatic nitrogens is 3. The Hall–Kier alpha value is -2.69. The van der Waals surface area contributed by atoms with Gasteiger partial charge in [-0.15, -0.1) is 0 Å². The number of sulfone groups is 1. The van der Waals surface area contributed by atoms with Gasteiger partial charge in [0, 0.05) is 20.2 Å². The van der Waals surface area contributed by atoms with Gasteiger partial charge in [0.2, 0.25) is 9.84 Å². The van der Waals surface area contributed by atoms with Gasteiger partial charge in [0.25, 0.3) is 0 Å². The number of nitrogens with one attached hydrogen (secondary N) is 1. The number of methoxy groups -OCH3 is 1. The predicted molar refractivity (Wildman–Crippen MR) is 104 cm³/mol. The first kappa shape index (κ1) is 18.7. The molecular formula is C18H21N5O4S. The quantitative estimate of drug-likeness (QED) is 0.652. The minimum atomic E-state index is -3.83. The van der Waals surface area contributed by atoms with Crippen molar-refractivity contribution in [2.75, 3.05) is 44.0 Å². The van der Waals surface area contributed by atoms with Gasteiger partial charge in [-0.1, -0.05) is 18.2 Å². The van der Waals surface area contributed by atoms with E-state index < -0.39 is 9.84 Å². The van der Waals surface area contributed by atoms with Crippen molar-refractivity contribution >= 4 is 32.5 Å². The summed E-state index contributed by atoms with van der Waals surface area (Å²) in [6, 6.07) is 8.16. The second kappa shape index (κ2) is 7.38.